The number of hydrogen-bond acceptors (Lipinski definition) is 1. The molecule has 0 atom stereocenters. The maximum absolute atomic E-state index is 12.5. The van der Waals surface area contributed by atoms with Crippen molar-refractivity contribution in [3.63, 3.8) is 0 Å². The number of rotatable bonds is 6. The highest BCUT2D eigenvalue weighted by atomic mass is 16.2. The molecule has 2 aromatic rings. The lowest BCUT2D eigenvalue weighted by Gasteiger charge is -2.29. The predicted molar refractivity (Wildman–Crippen MR) is 110 cm³/mol. The molecule has 0 spiro atoms. The van der Waals surface area contributed by atoms with Crippen LogP contribution in [0.5, 0.6) is 0 Å². The smallest absolute Gasteiger partial charge is 0.279 e. The van der Waals surface area contributed by atoms with E-state index in [4.69, 9.17) is 0 Å². The average Bonchev–Trinajstić information content (AvgIpc) is 2.66. The van der Waals surface area contributed by atoms with Crippen molar-refractivity contribution in [3.8, 4) is 0 Å². The Kier molecular flexibility index (Phi) is 6.64. The van der Waals surface area contributed by atoms with Crippen LogP contribution < -0.4 is 15.1 Å². The van der Waals surface area contributed by atoms with E-state index in [0.29, 0.717) is 6.54 Å². The van der Waals surface area contributed by atoms with Gasteiger partial charge in [-0.1, -0.05) is 48.9 Å². The van der Waals surface area contributed by atoms with Crippen molar-refractivity contribution in [3.05, 3.63) is 64.7 Å². The largest absolute Gasteiger partial charge is 0.322 e. The minimum Gasteiger partial charge on any atom is -0.322 e. The van der Waals surface area contributed by atoms with Gasteiger partial charge in [-0.2, -0.15) is 0 Å². The molecule has 1 saturated heterocycles. The molecule has 144 valence electrons. The van der Waals surface area contributed by atoms with E-state index in [0.717, 1.165) is 44.8 Å². The SMILES string of the molecule is CCc1ccccc1NC(=O)C[NH+]1CC[NH+](Cc2cc(C)ccc2C)CC1. The normalized spacial score (nSPS) is 19.7. The molecule has 27 heavy (non-hydrogen) atoms. The lowest BCUT2D eigenvalue weighted by atomic mass is 10.0. The van der Waals surface area contributed by atoms with Crippen LogP contribution in [0, 0.1) is 13.8 Å². The highest BCUT2D eigenvalue weighted by molar-refractivity contribution is 5.92. The summed E-state index contributed by atoms with van der Waals surface area (Å²) in [5.74, 6) is 0.129. The number of quaternary nitrogens is 2. The van der Waals surface area contributed by atoms with Crippen LogP contribution in [0.25, 0.3) is 0 Å². The quantitative estimate of drug-likeness (QED) is 0.694. The van der Waals surface area contributed by atoms with Crippen molar-refractivity contribution < 1.29 is 14.6 Å². The Bertz CT molecular complexity index is 779. The monoisotopic (exact) mass is 367 g/mol. The second-order valence-electron chi connectivity index (χ2n) is 7.84. The highest BCUT2D eigenvalue weighted by Crippen LogP contribution is 2.14. The van der Waals surface area contributed by atoms with E-state index in [1.807, 2.05) is 18.2 Å². The van der Waals surface area contributed by atoms with Gasteiger partial charge in [0.1, 0.15) is 32.7 Å². The van der Waals surface area contributed by atoms with E-state index in [2.05, 4.69) is 50.4 Å². The molecule has 1 heterocycles. The molecule has 1 aliphatic heterocycles. The molecule has 0 unspecified atom stereocenters. The fraction of sp³-hybridized carbons (Fsp3) is 0.435. The van der Waals surface area contributed by atoms with Crippen LogP contribution in [0.15, 0.2) is 42.5 Å². The van der Waals surface area contributed by atoms with Crippen LogP contribution in [0.3, 0.4) is 0 Å². The van der Waals surface area contributed by atoms with Gasteiger partial charge in [-0.25, -0.2) is 0 Å². The Morgan fingerprint density at radius 1 is 0.963 bits per heavy atom. The molecule has 2 aromatic carbocycles. The van der Waals surface area contributed by atoms with Crippen molar-refractivity contribution in [1.29, 1.82) is 0 Å². The molecule has 0 aromatic heterocycles. The molecular weight excluding hydrogens is 334 g/mol. The van der Waals surface area contributed by atoms with Gasteiger partial charge >= 0.3 is 0 Å². The van der Waals surface area contributed by atoms with Crippen LogP contribution in [0.2, 0.25) is 0 Å². The van der Waals surface area contributed by atoms with Gasteiger partial charge in [-0.15, -0.1) is 0 Å². The average molecular weight is 368 g/mol. The van der Waals surface area contributed by atoms with Gasteiger partial charge in [-0.3, -0.25) is 4.79 Å². The number of carbonyl (C=O) groups is 1. The second kappa shape index (κ2) is 9.16. The first-order valence-corrected chi connectivity index (χ1v) is 10.2. The molecule has 4 heteroatoms. The van der Waals surface area contributed by atoms with Crippen molar-refractivity contribution in [2.75, 3.05) is 38.0 Å². The summed E-state index contributed by atoms with van der Waals surface area (Å²) in [6.07, 6.45) is 0.934. The third-order valence-electron chi connectivity index (χ3n) is 5.69. The summed E-state index contributed by atoms with van der Waals surface area (Å²) in [6, 6.07) is 14.8. The third-order valence-corrected chi connectivity index (χ3v) is 5.69. The van der Waals surface area contributed by atoms with Crippen LogP contribution in [0.1, 0.15) is 29.2 Å². The van der Waals surface area contributed by atoms with Gasteiger partial charge < -0.3 is 15.1 Å². The lowest BCUT2D eigenvalue weighted by Crippen LogP contribution is -3.28. The molecule has 0 saturated carbocycles. The number of carbonyl (C=O) groups excluding carboxylic acids is 1. The summed E-state index contributed by atoms with van der Waals surface area (Å²) >= 11 is 0. The number of para-hydroxylation sites is 1. The molecule has 3 rings (SSSR count). The topological polar surface area (TPSA) is 38.0 Å². The van der Waals surface area contributed by atoms with Gasteiger partial charge in [0.05, 0.1) is 0 Å². The number of amides is 1. The van der Waals surface area contributed by atoms with E-state index in [1.54, 1.807) is 4.90 Å². The Hall–Kier alpha value is -2.17. The first kappa shape index (κ1) is 19.6. The van der Waals surface area contributed by atoms with Gasteiger partial charge in [-0.05, 0) is 37.5 Å². The molecule has 1 fully saturated rings. The maximum atomic E-state index is 12.5. The minimum atomic E-state index is 0.129. The Morgan fingerprint density at radius 3 is 2.41 bits per heavy atom. The Morgan fingerprint density at radius 2 is 1.67 bits per heavy atom. The number of piperazine rings is 1. The zero-order valence-electron chi connectivity index (χ0n) is 16.9. The van der Waals surface area contributed by atoms with Crippen molar-refractivity contribution in [1.82, 2.24) is 0 Å². The summed E-state index contributed by atoms with van der Waals surface area (Å²) in [5.41, 5.74) is 6.34. The van der Waals surface area contributed by atoms with Gasteiger partial charge in [0, 0.05) is 11.3 Å². The number of anilines is 1. The number of nitrogens with one attached hydrogen (secondary N) is 3. The molecular formula is C23H33N3O+2. The van der Waals surface area contributed by atoms with E-state index in [1.165, 1.54) is 27.2 Å². The fourth-order valence-corrected chi connectivity index (χ4v) is 3.94. The molecule has 0 bridgehead atoms. The van der Waals surface area contributed by atoms with Crippen LogP contribution in [-0.2, 0) is 17.8 Å². The summed E-state index contributed by atoms with van der Waals surface area (Å²) in [4.78, 5) is 15.5. The summed E-state index contributed by atoms with van der Waals surface area (Å²) < 4.78 is 0. The summed E-state index contributed by atoms with van der Waals surface area (Å²) in [6.45, 7) is 12.5. The predicted octanol–water partition coefficient (Wildman–Crippen LogP) is 0.788. The second-order valence-corrected chi connectivity index (χ2v) is 7.84. The van der Waals surface area contributed by atoms with E-state index >= 15 is 0 Å². The van der Waals surface area contributed by atoms with Gasteiger partial charge in [0.25, 0.3) is 5.91 Å². The molecule has 4 nitrogen and oxygen atoms in total. The van der Waals surface area contributed by atoms with Crippen LogP contribution in [-0.4, -0.2) is 38.6 Å². The number of aryl methyl sites for hydroxylation is 3. The number of hydrogen-bond donors (Lipinski definition) is 3. The summed E-state index contributed by atoms with van der Waals surface area (Å²) in [5, 5.41) is 3.11. The van der Waals surface area contributed by atoms with Crippen LogP contribution in [0.4, 0.5) is 5.69 Å². The van der Waals surface area contributed by atoms with E-state index < -0.39 is 0 Å². The third kappa shape index (κ3) is 5.41. The Labute approximate surface area is 163 Å². The van der Waals surface area contributed by atoms with Gasteiger partial charge in [0.2, 0.25) is 0 Å². The van der Waals surface area contributed by atoms with Crippen molar-refractivity contribution >= 4 is 11.6 Å². The molecule has 3 N–H and O–H groups in total. The van der Waals surface area contributed by atoms with E-state index in [-0.39, 0.29) is 5.91 Å². The van der Waals surface area contributed by atoms with Crippen molar-refractivity contribution in [2.45, 2.75) is 33.7 Å². The van der Waals surface area contributed by atoms with E-state index in [9.17, 15) is 4.79 Å². The molecule has 1 aliphatic rings. The van der Waals surface area contributed by atoms with Gasteiger partial charge in [0.15, 0.2) is 6.54 Å². The molecule has 1 amide bonds. The maximum Gasteiger partial charge on any atom is 0.279 e. The van der Waals surface area contributed by atoms with Crippen LogP contribution >= 0.6 is 0 Å². The van der Waals surface area contributed by atoms with Crippen molar-refractivity contribution in [2.24, 2.45) is 0 Å². The first-order chi connectivity index (χ1) is 13.0. The zero-order chi connectivity index (χ0) is 19.2. The highest BCUT2D eigenvalue weighted by Gasteiger charge is 2.25. The molecule has 0 radical (unpaired) electrons. The fourth-order valence-electron chi connectivity index (χ4n) is 3.94. The summed E-state index contributed by atoms with van der Waals surface area (Å²) in [7, 11) is 0. The minimum absolute atomic E-state index is 0.129. The Balaban J connectivity index is 1.48. The standard InChI is InChI=1S/C23H31N3O/c1-4-20-7-5-6-8-22(20)24-23(27)17-26-13-11-25(12-14-26)16-21-15-18(2)9-10-19(21)3/h5-10,15H,4,11-14,16-17H2,1-3H3,(H,24,27)/p+2. The lowest BCUT2D eigenvalue weighted by molar-refractivity contribution is -1.02. The number of benzene rings is 2. The first-order valence-electron chi connectivity index (χ1n) is 10.2. The molecule has 0 aliphatic carbocycles. The zero-order valence-corrected chi connectivity index (χ0v) is 16.9.